The summed E-state index contributed by atoms with van der Waals surface area (Å²) in [5.41, 5.74) is -0.625. The number of esters is 1. The van der Waals surface area contributed by atoms with Gasteiger partial charge in [-0.15, -0.1) is 0 Å². The van der Waals surface area contributed by atoms with Crippen LogP contribution in [0.5, 0.6) is 0 Å². The van der Waals surface area contributed by atoms with Crippen LogP contribution < -0.4 is 0 Å². The molecule has 0 aromatic carbocycles. The second kappa shape index (κ2) is 4.28. The zero-order chi connectivity index (χ0) is 10.8. The maximum absolute atomic E-state index is 11.5. The molecule has 1 rings (SSSR count). The van der Waals surface area contributed by atoms with Gasteiger partial charge >= 0.3 is 5.97 Å². The van der Waals surface area contributed by atoms with Gasteiger partial charge in [-0.05, 0) is 20.3 Å². The molecule has 1 atom stereocenters. The molecule has 1 heterocycles. The number of carbonyl (C=O) groups excluding carboxylic acids is 1. The van der Waals surface area contributed by atoms with Crippen LogP contribution in [0, 0.1) is 0 Å². The summed E-state index contributed by atoms with van der Waals surface area (Å²) in [6.07, 6.45) is 0.731. The van der Waals surface area contributed by atoms with Gasteiger partial charge < -0.3 is 9.84 Å². The number of rotatable bonds is 4. The molecule has 82 valence electrons. The molecule has 0 spiro atoms. The molecule has 1 saturated heterocycles. The van der Waals surface area contributed by atoms with Crippen LogP contribution in [-0.4, -0.2) is 47.3 Å². The van der Waals surface area contributed by atoms with Crippen molar-refractivity contribution < 1.29 is 14.6 Å². The van der Waals surface area contributed by atoms with Crippen molar-refractivity contribution >= 4 is 5.97 Å². The van der Waals surface area contributed by atoms with E-state index in [1.54, 1.807) is 13.8 Å². The Bertz CT molecular complexity index is 207. The zero-order valence-electron chi connectivity index (χ0n) is 9.12. The average molecular weight is 201 g/mol. The van der Waals surface area contributed by atoms with Crippen LogP contribution in [0.3, 0.4) is 0 Å². The lowest BCUT2D eigenvalue weighted by molar-refractivity contribution is -0.161. The van der Waals surface area contributed by atoms with Gasteiger partial charge in [0, 0.05) is 13.1 Å². The number of hydrogen-bond acceptors (Lipinski definition) is 4. The Kier molecular flexibility index (Phi) is 3.50. The van der Waals surface area contributed by atoms with Crippen LogP contribution >= 0.6 is 0 Å². The Morgan fingerprint density at radius 1 is 1.57 bits per heavy atom. The molecular weight excluding hydrogens is 182 g/mol. The van der Waals surface area contributed by atoms with Gasteiger partial charge in [-0.2, -0.15) is 0 Å². The lowest BCUT2D eigenvalue weighted by atomic mass is 9.94. The molecule has 0 amide bonds. The molecule has 1 aliphatic heterocycles. The smallest absolute Gasteiger partial charge is 0.323 e. The Morgan fingerprint density at radius 3 is 2.50 bits per heavy atom. The minimum absolute atomic E-state index is 0.175. The molecule has 1 unspecified atom stereocenters. The number of nitrogens with zero attached hydrogens (tertiary/aromatic N) is 1. The first-order valence-electron chi connectivity index (χ1n) is 5.13. The minimum atomic E-state index is -0.625. The first-order valence-corrected chi connectivity index (χ1v) is 5.13. The molecule has 1 aliphatic rings. The van der Waals surface area contributed by atoms with Crippen molar-refractivity contribution in [3.8, 4) is 0 Å². The number of aliphatic hydroxyl groups is 1. The van der Waals surface area contributed by atoms with Gasteiger partial charge in [0.1, 0.15) is 6.04 Å². The van der Waals surface area contributed by atoms with E-state index in [-0.39, 0.29) is 12.0 Å². The molecule has 1 fully saturated rings. The highest BCUT2D eigenvalue weighted by molar-refractivity contribution is 5.75. The molecule has 0 saturated carbocycles. The number of carbonyl (C=O) groups is 1. The summed E-state index contributed by atoms with van der Waals surface area (Å²) >= 11 is 0. The van der Waals surface area contributed by atoms with Crippen LogP contribution in [0.2, 0.25) is 0 Å². The van der Waals surface area contributed by atoms with E-state index in [1.165, 1.54) is 0 Å². The van der Waals surface area contributed by atoms with Gasteiger partial charge in [0.25, 0.3) is 0 Å². The van der Waals surface area contributed by atoms with Gasteiger partial charge in [-0.1, -0.05) is 6.92 Å². The first-order chi connectivity index (χ1) is 6.50. The standard InChI is InChI=1S/C10H19NO3/c1-4-8(9(12)14-5-2)11-6-10(3,13)7-11/h8,13H,4-7H2,1-3H3. The molecule has 4 heteroatoms. The molecular formula is C10H19NO3. The van der Waals surface area contributed by atoms with Crippen molar-refractivity contribution in [2.45, 2.75) is 38.8 Å². The third-order valence-electron chi connectivity index (χ3n) is 2.47. The molecule has 0 aromatic rings. The third kappa shape index (κ3) is 2.45. The number of ether oxygens (including phenoxy) is 1. The lowest BCUT2D eigenvalue weighted by Crippen LogP contribution is -2.64. The van der Waals surface area contributed by atoms with E-state index in [1.807, 2.05) is 11.8 Å². The van der Waals surface area contributed by atoms with Gasteiger partial charge in [0.15, 0.2) is 0 Å². The average Bonchev–Trinajstić information content (AvgIpc) is 2.02. The van der Waals surface area contributed by atoms with Gasteiger partial charge in [0.2, 0.25) is 0 Å². The molecule has 0 aromatic heterocycles. The topological polar surface area (TPSA) is 49.8 Å². The fourth-order valence-electron chi connectivity index (χ4n) is 1.86. The van der Waals surface area contributed by atoms with Crippen molar-refractivity contribution in [2.24, 2.45) is 0 Å². The fraction of sp³-hybridized carbons (Fsp3) is 0.900. The van der Waals surface area contributed by atoms with Crippen molar-refractivity contribution in [3.63, 3.8) is 0 Å². The van der Waals surface area contributed by atoms with E-state index >= 15 is 0 Å². The highest BCUT2D eigenvalue weighted by Crippen LogP contribution is 2.24. The highest BCUT2D eigenvalue weighted by Gasteiger charge is 2.42. The lowest BCUT2D eigenvalue weighted by Gasteiger charge is -2.47. The second-order valence-corrected chi connectivity index (χ2v) is 4.08. The zero-order valence-corrected chi connectivity index (χ0v) is 9.12. The van der Waals surface area contributed by atoms with E-state index in [0.29, 0.717) is 19.7 Å². The number of β-amino-alcohol motifs (C(OH)–C–C–N with tert-alkyl or cyclic N) is 1. The number of hydrogen-bond donors (Lipinski definition) is 1. The first kappa shape index (κ1) is 11.5. The monoisotopic (exact) mass is 201 g/mol. The van der Waals surface area contributed by atoms with E-state index in [4.69, 9.17) is 4.74 Å². The SMILES string of the molecule is CCOC(=O)C(CC)N1CC(C)(O)C1. The molecule has 4 nitrogen and oxygen atoms in total. The van der Waals surface area contributed by atoms with Crippen LogP contribution in [0.15, 0.2) is 0 Å². The van der Waals surface area contributed by atoms with Crippen molar-refractivity contribution in [2.75, 3.05) is 19.7 Å². The second-order valence-electron chi connectivity index (χ2n) is 4.08. The van der Waals surface area contributed by atoms with Gasteiger partial charge in [-0.25, -0.2) is 0 Å². The molecule has 0 radical (unpaired) electrons. The molecule has 0 bridgehead atoms. The summed E-state index contributed by atoms with van der Waals surface area (Å²) in [4.78, 5) is 13.4. The fourth-order valence-corrected chi connectivity index (χ4v) is 1.86. The maximum atomic E-state index is 11.5. The summed E-state index contributed by atoms with van der Waals surface area (Å²) in [7, 11) is 0. The highest BCUT2D eigenvalue weighted by atomic mass is 16.5. The van der Waals surface area contributed by atoms with Crippen LogP contribution in [0.1, 0.15) is 27.2 Å². The predicted molar refractivity (Wildman–Crippen MR) is 52.9 cm³/mol. The Morgan fingerprint density at radius 2 is 2.14 bits per heavy atom. The van der Waals surface area contributed by atoms with Crippen molar-refractivity contribution in [1.29, 1.82) is 0 Å². The Labute approximate surface area is 84.8 Å². The van der Waals surface area contributed by atoms with Gasteiger partial charge in [0.05, 0.1) is 12.2 Å². The summed E-state index contributed by atoms with van der Waals surface area (Å²) in [5.74, 6) is -0.175. The summed E-state index contributed by atoms with van der Waals surface area (Å²) in [6.45, 7) is 7.07. The van der Waals surface area contributed by atoms with E-state index in [9.17, 15) is 9.90 Å². The largest absolute Gasteiger partial charge is 0.465 e. The summed E-state index contributed by atoms with van der Waals surface area (Å²) in [6, 6.07) is -0.185. The minimum Gasteiger partial charge on any atom is -0.465 e. The maximum Gasteiger partial charge on any atom is 0.323 e. The van der Waals surface area contributed by atoms with Crippen molar-refractivity contribution in [3.05, 3.63) is 0 Å². The molecule has 0 aliphatic carbocycles. The van der Waals surface area contributed by atoms with Crippen LogP contribution in [0.25, 0.3) is 0 Å². The quantitative estimate of drug-likeness (QED) is 0.669. The third-order valence-corrected chi connectivity index (χ3v) is 2.47. The van der Waals surface area contributed by atoms with E-state index < -0.39 is 5.60 Å². The molecule has 1 N–H and O–H groups in total. The van der Waals surface area contributed by atoms with Crippen LogP contribution in [-0.2, 0) is 9.53 Å². The summed E-state index contributed by atoms with van der Waals surface area (Å²) < 4.78 is 4.96. The predicted octanol–water partition coefficient (Wildman–Crippen LogP) is 0.395. The van der Waals surface area contributed by atoms with Gasteiger partial charge in [-0.3, -0.25) is 9.69 Å². The normalized spacial score (nSPS) is 22.6. The van der Waals surface area contributed by atoms with Crippen molar-refractivity contribution in [1.82, 2.24) is 4.90 Å². The molecule has 14 heavy (non-hydrogen) atoms. The van der Waals surface area contributed by atoms with E-state index in [2.05, 4.69) is 0 Å². The number of likely N-dealkylation sites (tertiary alicyclic amines) is 1. The Balaban J connectivity index is 2.44. The van der Waals surface area contributed by atoms with E-state index in [0.717, 1.165) is 6.42 Å². The summed E-state index contributed by atoms with van der Waals surface area (Å²) in [5, 5.41) is 9.55. The van der Waals surface area contributed by atoms with Crippen LogP contribution in [0.4, 0.5) is 0 Å². The Hall–Kier alpha value is -0.610.